The SMILES string of the molecule is NC(=O)c1cc(-c2ccc(N3CCOCC3)cc2)nn(-c2cccc(F)c2)c1=O.OC1CCOC1. The highest BCUT2D eigenvalue weighted by Gasteiger charge is 2.17. The van der Waals surface area contributed by atoms with Crippen molar-refractivity contribution in [2.45, 2.75) is 12.5 Å². The van der Waals surface area contributed by atoms with Crippen LogP contribution in [0.3, 0.4) is 0 Å². The molecule has 0 aliphatic carbocycles. The smallest absolute Gasteiger partial charge is 0.284 e. The third-order valence-electron chi connectivity index (χ3n) is 5.67. The lowest BCUT2D eigenvalue weighted by atomic mass is 10.1. The molecule has 2 saturated heterocycles. The Bertz CT molecular complexity index is 1220. The molecule has 1 amide bonds. The lowest BCUT2D eigenvalue weighted by molar-refractivity contribution is 0.0998. The van der Waals surface area contributed by atoms with Gasteiger partial charge in [0, 0.05) is 30.9 Å². The van der Waals surface area contributed by atoms with Crippen molar-refractivity contribution in [3.63, 3.8) is 0 Å². The molecule has 3 N–H and O–H groups in total. The van der Waals surface area contributed by atoms with Crippen LogP contribution in [0.2, 0.25) is 0 Å². The van der Waals surface area contributed by atoms with E-state index < -0.39 is 17.3 Å². The number of aliphatic hydroxyl groups is 1. The third kappa shape index (κ3) is 6.10. The highest BCUT2D eigenvalue weighted by atomic mass is 19.1. The van der Waals surface area contributed by atoms with Crippen LogP contribution in [0, 0.1) is 5.82 Å². The van der Waals surface area contributed by atoms with Gasteiger partial charge in [0.05, 0.1) is 37.3 Å². The maximum atomic E-state index is 13.6. The molecule has 35 heavy (non-hydrogen) atoms. The van der Waals surface area contributed by atoms with E-state index >= 15 is 0 Å². The summed E-state index contributed by atoms with van der Waals surface area (Å²) in [7, 11) is 0. The van der Waals surface area contributed by atoms with E-state index in [1.54, 1.807) is 0 Å². The summed E-state index contributed by atoms with van der Waals surface area (Å²) >= 11 is 0. The molecule has 1 aromatic heterocycles. The Kier molecular flexibility index (Phi) is 7.86. The molecule has 9 nitrogen and oxygen atoms in total. The molecule has 184 valence electrons. The number of amides is 1. The van der Waals surface area contributed by atoms with Crippen molar-refractivity contribution in [3.05, 3.63) is 76.3 Å². The number of halogens is 1. The molecule has 5 rings (SSSR count). The van der Waals surface area contributed by atoms with Crippen molar-refractivity contribution in [3.8, 4) is 16.9 Å². The fourth-order valence-electron chi connectivity index (χ4n) is 3.78. The first kappa shape index (κ1) is 24.5. The number of hydrogen-bond acceptors (Lipinski definition) is 7. The average molecular weight is 483 g/mol. The molecule has 0 radical (unpaired) electrons. The van der Waals surface area contributed by atoms with Crippen LogP contribution in [-0.4, -0.2) is 66.4 Å². The van der Waals surface area contributed by atoms with Gasteiger partial charge in [0.1, 0.15) is 11.4 Å². The lowest BCUT2D eigenvalue weighted by Crippen LogP contribution is -2.36. The predicted octanol–water partition coefficient (Wildman–Crippen LogP) is 1.74. The van der Waals surface area contributed by atoms with Crippen LogP contribution in [0.5, 0.6) is 0 Å². The molecule has 2 aliphatic rings. The average Bonchev–Trinajstić information content (AvgIpc) is 3.36. The van der Waals surface area contributed by atoms with Gasteiger partial charge in [-0.25, -0.2) is 4.39 Å². The summed E-state index contributed by atoms with van der Waals surface area (Å²) in [5.74, 6) is -1.38. The number of carbonyl (C=O) groups excluding carboxylic acids is 1. The number of hydrogen-bond donors (Lipinski definition) is 2. The number of ether oxygens (including phenoxy) is 2. The molecular formula is C25H27FN4O5. The van der Waals surface area contributed by atoms with Crippen molar-refractivity contribution in [1.82, 2.24) is 9.78 Å². The molecule has 2 fully saturated rings. The lowest BCUT2D eigenvalue weighted by Gasteiger charge is -2.28. The summed E-state index contributed by atoms with van der Waals surface area (Å²) in [6, 6.07) is 14.4. The quantitative estimate of drug-likeness (QED) is 0.581. The van der Waals surface area contributed by atoms with Gasteiger partial charge in [0.2, 0.25) is 0 Å². The highest BCUT2D eigenvalue weighted by molar-refractivity contribution is 5.93. The maximum absolute atomic E-state index is 13.6. The van der Waals surface area contributed by atoms with E-state index in [1.807, 2.05) is 24.3 Å². The minimum absolute atomic E-state index is 0.176. The molecule has 2 aromatic carbocycles. The number of nitrogens with two attached hydrogens (primary N) is 1. The summed E-state index contributed by atoms with van der Waals surface area (Å²) in [6.07, 6.45) is 0.644. The van der Waals surface area contributed by atoms with Crippen molar-refractivity contribution >= 4 is 11.6 Å². The van der Waals surface area contributed by atoms with Crippen LogP contribution < -0.4 is 16.2 Å². The van der Waals surface area contributed by atoms with Gasteiger partial charge < -0.3 is 25.2 Å². The number of rotatable bonds is 4. The van der Waals surface area contributed by atoms with Crippen LogP contribution in [0.1, 0.15) is 16.8 Å². The molecule has 0 bridgehead atoms. The van der Waals surface area contributed by atoms with E-state index in [-0.39, 0.29) is 17.4 Å². The predicted molar refractivity (Wildman–Crippen MR) is 128 cm³/mol. The van der Waals surface area contributed by atoms with E-state index in [9.17, 15) is 14.0 Å². The molecule has 3 aromatic rings. The zero-order valence-corrected chi connectivity index (χ0v) is 19.1. The topological polar surface area (TPSA) is 120 Å². The van der Waals surface area contributed by atoms with Gasteiger partial charge in [-0.2, -0.15) is 9.78 Å². The van der Waals surface area contributed by atoms with Crippen molar-refractivity contribution in [2.75, 3.05) is 44.4 Å². The van der Waals surface area contributed by atoms with E-state index in [0.717, 1.165) is 36.5 Å². The van der Waals surface area contributed by atoms with Crippen LogP contribution in [0.4, 0.5) is 10.1 Å². The van der Waals surface area contributed by atoms with Crippen LogP contribution >= 0.6 is 0 Å². The van der Waals surface area contributed by atoms with Crippen molar-refractivity contribution < 1.29 is 23.8 Å². The Morgan fingerprint density at radius 1 is 1.03 bits per heavy atom. The number of nitrogens with zero attached hydrogens (tertiary/aromatic N) is 3. The first-order valence-electron chi connectivity index (χ1n) is 11.3. The van der Waals surface area contributed by atoms with Crippen LogP contribution in [0.25, 0.3) is 16.9 Å². The Labute approximate surface area is 201 Å². The molecule has 0 spiro atoms. The van der Waals surface area contributed by atoms with Gasteiger partial charge in [-0.3, -0.25) is 9.59 Å². The second-order valence-corrected chi connectivity index (χ2v) is 8.17. The van der Waals surface area contributed by atoms with Gasteiger partial charge >= 0.3 is 0 Å². The zero-order chi connectivity index (χ0) is 24.8. The molecule has 10 heteroatoms. The normalized spacial score (nSPS) is 17.5. The molecule has 3 heterocycles. The van der Waals surface area contributed by atoms with E-state index in [1.165, 1.54) is 30.3 Å². The Balaban J connectivity index is 0.000000421. The molecule has 1 atom stereocenters. The summed E-state index contributed by atoms with van der Waals surface area (Å²) < 4.78 is 24.8. The van der Waals surface area contributed by atoms with E-state index in [2.05, 4.69) is 10.00 Å². The van der Waals surface area contributed by atoms with Gasteiger partial charge in [-0.1, -0.05) is 18.2 Å². The Morgan fingerprint density at radius 2 is 1.77 bits per heavy atom. The van der Waals surface area contributed by atoms with Crippen molar-refractivity contribution in [2.24, 2.45) is 5.73 Å². The fourth-order valence-corrected chi connectivity index (χ4v) is 3.78. The summed E-state index contributed by atoms with van der Waals surface area (Å²) in [5.41, 5.74) is 6.83. The maximum Gasteiger partial charge on any atom is 0.284 e. The molecule has 2 aliphatic heterocycles. The highest BCUT2D eigenvalue weighted by Crippen LogP contribution is 2.23. The number of primary amides is 1. The minimum atomic E-state index is -0.867. The van der Waals surface area contributed by atoms with Crippen molar-refractivity contribution in [1.29, 1.82) is 0 Å². The fraction of sp³-hybridized carbons (Fsp3) is 0.320. The van der Waals surface area contributed by atoms with Gasteiger partial charge in [0.25, 0.3) is 11.5 Å². The first-order chi connectivity index (χ1) is 16.9. The number of morpholine rings is 1. The van der Waals surface area contributed by atoms with Gasteiger partial charge in [-0.05, 0) is 42.8 Å². The molecule has 0 saturated carbocycles. The van der Waals surface area contributed by atoms with E-state index in [4.69, 9.17) is 20.3 Å². The number of aromatic nitrogens is 2. The minimum Gasteiger partial charge on any atom is -0.391 e. The summed E-state index contributed by atoms with van der Waals surface area (Å²) in [4.78, 5) is 26.6. The summed E-state index contributed by atoms with van der Waals surface area (Å²) in [5, 5.41) is 12.9. The van der Waals surface area contributed by atoms with Gasteiger partial charge in [0.15, 0.2) is 0 Å². The molecule has 1 unspecified atom stereocenters. The number of anilines is 1. The summed E-state index contributed by atoms with van der Waals surface area (Å²) in [6.45, 7) is 4.27. The number of aliphatic hydroxyl groups excluding tert-OH is 1. The first-order valence-corrected chi connectivity index (χ1v) is 11.3. The standard InChI is InChI=1S/C21H19FN4O3.C4H8O2/c22-15-2-1-3-17(12-15)26-21(28)18(20(23)27)13-19(24-26)14-4-6-16(7-5-14)25-8-10-29-11-9-25;5-4-1-2-6-3-4/h1-7,12-13H,8-11H2,(H2,23,27);4-5H,1-3H2. The Hall–Kier alpha value is -3.60. The van der Waals surface area contributed by atoms with E-state index in [0.29, 0.717) is 31.1 Å². The molecular weight excluding hydrogens is 455 g/mol. The zero-order valence-electron chi connectivity index (χ0n) is 19.1. The number of carbonyl (C=O) groups is 1. The second-order valence-electron chi connectivity index (χ2n) is 8.17. The third-order valence-corrected chi connectivity index (χ3v) is 5.67. The van der Waals surface area contributed by atoms with Crippen LogP contribution in [-0.2, 0) is 9.47 Å². The largest absolute Gasteiger partial charge is 0.391 e. The number of benzene rings is 2. The monoisotopic (exact) mass is 482 g/mol. The second kappa shape index (κ2) is 11.2. The Morgan fingerprint density at radius 3 is 2.34 bits per heavy atom. The van der Waals surface area contributed by atoms with Crippen LogP contribution in [0.15, 0.2) is 59.4 Å². The van der Waals surface area contributed by atoms with Gasteiger partial charge in [-0.15, -0.1) is 0 Å².